The topological polar surface area (TPSA) is 54.3 Å². The van der Waals surface area contributed by atoms with Gasteiger partial charge < -0.3 is 9.80 Å². The van der Waals surface area contributed by atoms with E-state index in [1.165, 1.54) is 22.9 Å². The number of nitrogens with zero attached hydrogens (tertiary/aromatic N) is 5. The molecule has 1 saturated heterocycles. The number of thioether (sulfide) groups is 1. The van der Waals surface area contributed by atoms with Crippen molar-refractivity contribution in [2.75, 3.05) is 36.8 Å². The quantitative estimate of drug-likeness (QED) is 0.608. The van der Waals surface area contributed by atoms with Crippen molar-refractivity contribution in [2.24, 2.45) is 0 Å². The summed E-state index contributed by atoms with van der Waals surface area (Å²) >= 11 is 1.50. The number of pyridine rings is 1. The molecule has 1 fully saturated rings. The number of hydrogen-bond donors (Lipinski definition) is 0. The molecule has 2 aromatic heterocycles. The van der Waals surface area contributed by atoms with Crippen LogP contribution in [0.4, 0.5) is 5.69 Å². The van der Waals surface area contributed by atoms with Crippen molar-refractivity contribution in [2.45, 2.75) is 19.0 Å². The maximum Gasteiger partial charge on any atom is 0.233 e. The van der Waals surface area contributed by atoms with Crippen molar-refractivity contribution in [1.29, 1.82) is 0 Å². The zero-order chi connectivity index (χ0) is 20.2. The molecule has 3 aromatic rings. The van der Waals surface area contributed by atoms with Gasteiger partial charge in [0.25, 0.3) is 0 Å². The predicted octanol–water partition coefficient (Wildman–Crippen LogP) is 3.33. The number of benzene rings is 1. The molecule has 0 unspecified atom stereocenters. The number of aromatic nitrogens is 3. The number of rotatable bonds is 5. The minimum Gasteiger partial charge on any atom is -0.368 e. The van der Waals surface area contributed by atoms with Crippen molar-refractivity contribution in [3.63, 3.8) is 0 Å². The molecule has 0 aliphatic carbocycles. The number of carbonyl (C=O) groups excluding carboxylic acids is 1. The Hall–Kier alpha value is -2.80. The second-order valence-corrected chi connectivity index (χ2v) is 8.10. The van der Waals surface area contributed by atoms with Crippen LogP contribution in [-0.2, 0) is 4.79 Å². The van der Waals surface area contributed by atoms with E-state index in [9.17, 15) is 4.79 Å². The highest BCUT2D eigenvalue weighted by molar-refractivity contribution is 7.99. The number of carbonyl (C=O) groups is 1. The average molecular weight is 408 g/mol. The van der Waals surface area contributed by atoms with Crippen LogP contribution in [0.2, 0.25) is 0 Å². The van der Waals surface area contributed by atoms with Crippen LogP contribution in [-0.4, -0.2) is 57.3 Å². The van der Waals surface area contributed by atoms with Gasteiger partial charge in [0.2, 0.25) is 5.91 Å². The van der Waals surface area contributed by atoms with Crippen LogP contribution in [0.1, 0.15) is 11.1 Å². The van der Waals surface area contributed by atoms with E-state index in [0.29, 0.717) is 5.75 Å². The van der Waals surface area contributed by atoms with Crippen LogP contribution >= 0.6 is 11.8 Å². The van der Waals surface area contributed by atoms with Crippen LogP contribution in [0.3, 0.4) is 0 Å². The molecule has 1 aliphatic heterocycles. The zero-order valence-electron chi connectivity index (χ0n) is 16.8. The summed E-state index contributed by atoms with van der Waals surface area (Å²) in [6, 6.07) is 10.3. The maximum absolute atomic E-state index is 12.7. The van der Waals surface area contributed by atoms with Crippen molar-refractivity contribution >= 4 is 23.4 Å². The highest BCUT2D eigenvalue weighted by Gasteiger charge is 2.22. The van der Waals surface area contributed by atoms with Crippen molar-refractivity contribution in [3.05, 3.63) is 66.2 Å². The Kier molecular flexibility index (Phi) is 5.85. The van der Waals surface area contributed by atoms with Gasteiger partial charge in [-0.05, 0) is 43.2 Å². The number of piperazine rings is 1. The van der Waals surface area contributed by atoms with E-state index in [1.54, 1.807) is 6.20 Å². The van der Waals surface area contributed by atoms with Crippen LogP contribution < -0.4 is 4.90 Å². The fraction of sp³-hybridized carbons (Fsp3) is 0.318. The summed E-state index contributed by atoms with van der Waals surface area (Å²) in [7, 11) is 0. The standard InChI is InChI=1S/C22H25N5OS/c1-17-4-3-5-20(18(17)2)27-11-10-24-22(27)29-16-21(28)26-14-12-25(13-15-26)19-6-8-23-9-7-19/h3-11H,12-16H2,1-2H3. The summed E-state index contributed by atoms with van der Waals surface area (Å²) in [5.74, 6) is 0.567. The normalized spacial score (nSPS) is 14.3. The van der Waals surface area contributed by atoms with Crippen LogP contribution in [0, 0.1) is 13.8 Å². The lowest BCUT2D eigenvalue weighted by Crippen LogP contribution is -2.49. The SMILES string of the molecule is Cc1cccc(-n2ccnc2SCC(=O)N2CCN(c3ccncc3)CC2)c1C. The molecule has 1 aromatic carbocycles. The van der Waals surface area contributed by atoms with Gasteiger partial charge >= 0.3 is 0 Å². The van der Waals surface area contributed by atoms with Gasteiger partial charge in [-0.3, -0.25) is 14.3 Å². The van der Waals surface area contributed by atoms with E-state index < -0.39 is 0 Å². The first-order valence-corrected chi connectivity index (χ1v) is 10.8. The minimum absolute atomic E-state index is 0.167. The molecule has 6 nitrogen and oxygen atoms in total. The Balaban J connectivity index is 1.35. The second-order valence-electron chi connectivity index (χ2n) is 7.16. The summed E-state index contributed by atoms with van der Waals surface area (Å²) < 4.78 is 2.07. The van der Waals surface area contributed by atoms with E-state index >= 15 is 0 Å². The molecule has 1 aliphatic rings. The van der Waals surface area contributed by atoms with Gasteiger partial charge in [-0.1, -0.05) is 23.9 Å². The predicted molar refractivity (Wildman–Crippen MR) is 117 cm³/mol. The van der Waals surface area contributed by atoms with Gasteiger partial charge in [0, 0.05) is 56.7 Å². The average Bonchev–Trinajstić information content (AvgIpc) is 3.23. The number of aryl methyl sites for hydroxylation is 1. The number of hydrogen-bond acceptors (Lipinski definition) is 5. The maximum atomic E-state index is 12.7. The van der Waals surface area contributed by atoms with Gasteiger partial charge in [-0.2, -0.15) is 0 Å². The summed E-state index contributed by atoms with van der Waals surface area (Å²) in [5, 5.41) is 0.850. The fourth-order valence-corrected chi connectivity index (χ4v) is 4.43. The van der Waals surface area contributed by atoms with Gasteiger partial charge in [-0.25, -0.2) is 4.98 Å². The lowest BCUT2D eigenvalue weighted by molar-refractivity contribution is -0.128. The summed E-state index contributed by atoms with van der Waals surface area (Å²) in [4.78, 5) is 25.5. The molecule has 7 heteroatoms. The summed E-state index contributed by atoms with van der Waals surface area (Å²) in [6.45, 7) is 7.40. The third-order valence-electron chi connectivity index (χ3n) is 5.43. The second kappa shape index (κ2) is 8.69. The Morgan fingerprint density at radius 1 is 1.03 bits per heavy atom. The molecule has 0 spiro atoms. The number of anilines is 1. The van der Waals surface area contributed by atoms with Crippen LogP contribution in [0.25, 0.3) is 5.69 Å². The van der Waals surface area contributed by atoms with Gasteiger partial charge in [0.05, 0.1) is 11.4 Å². The Labute approximate surface area is 175 Å². The van der Waals surface area contributed by atoms with Gasteiger partial charge in [0.15, 0.2) is 5.16 Å². The van der Waals surface area contributed by atoms with Crippen molar-refractivity contribution < 1.29 is 4.79 Å². The van der Waals surface area contributed by atoms with Crippen LogP contribution in [0.15, 0.2) is 60.3 Å². The van der Waals surface area contributed by atoms with Crippen LogP contribution in [0.5, 0.6) is 0 Å². The molecule has 0 bridgehead atoms. The molecule has 4 rings (SSSR count). The number of amides is 1. The smallest absolute Gasteiger partial charge is 0.233 e. The summed E-state index contributed by atoms with van der Waals surface area (Å²) in [5.41, 5.74) is 4.75. The van der Waals surface area contributed by atoms with E-state index in [4.69, 9.17) is 0 Å². The highest BCUT2D eigenvalue weighted by atomic mass is 32.2. The number of imidazole rings is 1. The van der Waals surface area contributed by atoms with Crippen molar-refractivity contribution in [1.82, 2.24) is 19.4 Å². The molecule has 0 N–H and O–H groups in total. The van der Waals surface area contributed by atoms with Gasteiger partial charge in [0.1, 0.15) is 0 Å². The molecule has 0 saturated carbocycles. The van der Waals surface area contributed by atoms with E-state index in [1.807, 2.05) is 35.6 Å². The molecular weight excluding hydrogens is 382 g/mol. The Bertz CT molecular complexity index is 980. The zero-order valence-corrected chi connectivity index (χ0v) is 17.6. The highest BCUT2D eigenvalue weighted by Crippen LogP contribution is 2.25. The first-order chi connectivity index (χ1) is 14.1. The fourth-order valence-electron chi connectivity index (χ4n) is 3.56. The minimum atomic E-state index is 0.167. The first kappa shape index (κ1) is 19.5. The molecular formula is C22H25N5OS. The Morgan fingerprint density at radius 2 is 1.79 bits per heavy atom. The monoisotopic (exact) mass is 407 g/mol. The molecule has 150 valence electrons. The van der Waals surface area contributed by atoms with E-state index in [2.05, 4.69) is 51.5 Å². The van der Waals surface area contributed by atoms with E-state index in [-0.39, 0.29) is 5.91 Å². The third kappa shape index (κ3) is 4.29. The largest absolute Gasteiger partial charge is 0.368 e. The van der Waals surface area contributed by atoms with Crippen molar-refractivity contribution in [3.8, 4) is 5.69 Å². The Morgan fingerprint density at radius 3 is 2.55 bits per heavy atom. The molecule has 3 heterocycles. The summed E-state index contributed by atoms with van der Waals surface area (Å²) in [6.07, 6.45) is 7.37. The molecule has 29 heavy (non-hydrogen) atoms. The van der Waals surface area contributed by atoms with Gasteiger partial charge in [-0.15, -0.1) is 0 Å². The molecule has 0 radical (unpaired) electrons. The molecule has 0 atom stereocenters. The first-order valence-electron chi connectivity index (χ1n) is 9.79. The lowest BCUT2D eigenvalue weighted by Gasteiger charge is -2.36. The lowest BCUT2D eigenvalue weighted by atomic mass is 10.1. The molecule has 1 amide bonds. The van der Waals surface area contributed by atoms with E-state index in [0.717, 1.165) is 42.7 Å². The third-order valence-corrected chi connectivity index (χ3v) is 6.38.